The van der Waals surface area contributed by atoms with Crippen LogP contribution in [-0.4, -0.2) is 33.2 Å². The van der Waals surface area contributed by atoms with Crippen molar-refractivity contribution in [2.75, 3.05) is 12.4 Å². The van der Waals surface area contributed by atoms with Crippen LogP contribution in [0.2, 0.25) is 0 Å². The van der Waals surface area contributed by atoms with E-state index in [2.05, 4.69) is 10.2 Å². The van der Waals surface area contributed by atoms with Crippen LogP contribution in [0, 0.1) is 5.92 Å². The van der Waals surface area contributed by atoms with Gasteiger partial charge in [0.15, 0.2) is 5.16 Å². The Kier molecular flexibility index (Phi) is 4.83. The molecule has 1 aromatic heterocycles. The molecule has 3 rings (SSSR count). The molecule has 5 nitrogen and oxygen atoms in total. The van der Waals surface area contributed by atoms with Crippen LogP contribution in [0.4, 0.5) is 0 Å². The molecule has 1 aliphatic heterocycles. The van der Waals surface area contributed by atoms with Crippen molar-refractivity contribution >= 4 is 11.8 Å². The summed E-state index contributed by atoms with van der Waals surface area (Å²) in [4.78, 5) is 11.9. The van der Waals surface area contributed by atoms with E-state index >= 15 is 0 Å². The molecule has 1 N–H and O–H groups in total. The minimum atomic E-state index is -0.105. The highest BCUT2D eigenvalue weighted by Crippen LogP contribution is 2.29. The first kappa shape index (κ1) is 14.2. The molecule has 1 saturated carbocycles. The van der Waals surface area contributed by atoms with Crippen molar-refractivity contribution in [1.82, 2.24) is 14.8 Å². The molecule has 0 amide bonds. The van der Waals surface area contributed by atoms with Crippen LogP contribution in [0.1, 0.15) is 44.9 Å². The number of nitrogens with zero attached hydrogens (tertiary/aromatic N) is 2. The number of hydrogen-bond donors (Lipinski definition) is 1. The van der Waals surface area contributed by atoms with E-state index in [1.165, 1.54) is 32.1 Å². The molecule has 2 aliphatic rings. The quantitative estimate of drug-likeness (QED) is 0.848. The van der Waals surface area contributed by atoms with Gasteiger partial charge in [0, 0.05) is 12.4 Å². The monoisotopic (exact) mass is 297 g/mol. The van der Waals surface area contributed by atoms with Crippen LogP contribution >= 0.6 is 11.8 Å². The first-order valence-corrected chi connectivity index (χ1v) is 8.71. The van der Waals surface area contributed by atoms with Gasteiger partial charge in [-0.15, -0.1) is 5.10 Å². The number of aromatic amines is 1. The van der Waals surface area contributed by atoms with Crippen molar-refractivity contribution < 1.29 is 4.74 Å². The van der Waals surface area contributed by atoms with E-state index in [1.54, 1.807) is 16.3 Å². The second-order valence-electron chi connectivity index (χ2n) is 5.87. The van der Waals surface area contributed by atoms with Gasteiger partial charge in [-0.25, -0.2) is 9.89 Å². The third-order valence-corrected chi connectivity index (χ3v) is 5.51. The summed E-state index contributed by atoms with van der Waals surface area (Å²) in [5.74, 6) is 1.87. The highest BCUT2D eigenvalue weighted by atomic mass is 32.2. The summed E-state index contributed by atoms with van der Waals surface area (Å²) < 4.78 is 7.37. The Labute approximate surface area is 123 Å². The predicted octanol–water partition coefficient (Wildman–Crippen LogP) is 2.42. The van der Waals surface area contributed by atoms with Crippen LogP contribution in [0.15, 0.2) is 9.95 Å². The molecule has 1 aromatic rings. The van der Waals surface area contributed by atoms with E-state index < -0.39 is 0 Å². The van der Waals surface area contributed by atoms with Crippen molar-refractivity contribution in [1.29, 1.82) is 0 Å². The SMILES string of the molecule is O=c1[nH]nc(SCC2CCCCC2)n1CC1CCCO1. The minimum absolute atomic E-state index is 0.105. The number of hydrogen-bond acceptors (Lipinski definition) is 4. The lowest BCUT2D eigenvalue weighted by molar-refractivity contribution is 0.0941. The summed E-state index contributed by atoms with van der Waals surface area (Å²) in [6, 6.07) is 0. The van der Waals surface area contributed by atoms with Gasteiger partial charge in [-0.1, -0.05) is 31.0 Å². The van der Waals surface area contributed by atoms with Crippen LogP contribution in [0.5, 0.6) is 0 Å². The van der Waals surface area contributed by atoms with Gasteiger partial charge in [0.05, 0.1) is 12.6 Å². The first-order chi connectivity index (χ1) is 9.83. The summed E-state index contributed by atoms with van der Waals surface area (Å²) >= 11 is 1.72. The fourth-order valence-corrected chi connectivity index (χ4v) is 4.25. The van der Waals surface area contributed by atoms with Gasteiger partial charge in [-0.05, 0) is 31.6 Å². The first-order valence-electron chi connectivity index (χ1n) is 7.72. The smallest absolute Gasteiger partial charge is 0.344 e. The number of thioether (sulfide) groups is 1. The molecule has 1 aliphatic carbocycles. The summed E-state index contributed by atoms with van der Waals surface area (Å²) in [6.07, 6.45) is 9.07. The van der Waals surface area contributed by atoms with E-state index in [0.717, 1.165) is 36.3 Å². The summed E-state index contributed by atoms with van der Waals surface area (Å²) in [6.45, 7) is 1.46. The Morgan fingerprint density at radius 1 is 1.25 bits per heavy atom. The van der Waals surface area contributed by atoms with Crippen LogP contribution in [0.25, 0.3) is 0 Å². The Balaban J connectivity index is 1.59. The molecule has 0 spiro atoms. The van der Waals surface area contributed by atoms with Gasteiger partial charge >= 0.3 is 5.69 Å². The van der Waals surface area contributed by atoms with Crippen molar-refractivity contribution in [2.45, 2.75) is 62.8 Å². The number of H-pyrrole nitrogens is 1. The second-order valence-corrected chi connectivity index (χ2v) is 6.86. The van der Waals surface area contributed by atoms with Gasteiger partial charge in [-0.2, -0.15) is 0 Å². The molecule has 1 atom stereocenters. The van der Waals surface area contributed by atoms with Crippen molar-refractivity contribution in [3.05, 3.63) is 10.5 Å². The third-order valence-electron chi connectivity index (χ3n) is 4.31. The van der Waals surface area contributed by atoms with E-state index in [1.807, 2.05) is 0 Å². The zero-order chi connectivity index (χ0) is 13.8. The van der Waals surface area contributed by atoms with Gasteiger partial charge in [0.25, 0.3) is 0 Å². The summed E-state index contributed by atoms with van der Waals surface area (Å²) in [5, 5.41) is 7.58. The second kappa shape index (κ2) is 6.80. The van der Waals surface area contributed by atoms with E-state index in [-0.39, 0.29) is 11.8 Å². The van der Waals surface area contributed by atoms with Crippen LogP contribution in [0.3, 0.4) is 0 Å². The van der Waals surface area contributed by atoms with Gasteiger partial charge in [-0.3, -0.25) is 4.57 Å². The largest absolute Gasteiger partial charge is 0.376 e. The van der Waals surface area contributed by atoms with Crippen molar-refractivity contribution in [3.63, 3.8) is 0 Å². The molecule has 6 heteroatoms. The number of ether oxygens (including phenoxy) is 1. The molecular weight excluding hydrogens is 274 g/mol. The fraction of sp³-hybridized carbons (Fsp3) is 0.857. The lowest BCUT2D eigenvalue weighted by atomic mass is 9.91. The zero-order valence-corrected chi connectivity index (χ0v) is 12.7. The molecule has 1 unspecified atom stereocenters. The van der Waals surface area contributed by atoms with E-state index in [9.17, 15) is 4.79 Å². The molecule has 0 aromatic carbocycles. The molecule has 2 heterocycles. The maximum Gasteiger partial charge on any atom is 0.344 e. The topological polar surface area (TPSA) is 59.9 Å². The highest BCUT2D eigenvalue weighted by molar-refractivity contribution is 7.99. The molecule has 20 heavy (non-hydrogen) atoms. The van der Waals surface area contributed by atoms with Gasteiger partial charge < -0.3 is 4.74 Å². The molecule has 0 radical (unpaired) electrons. The van der Waals surface area contributed by atoms with Crippen LogP contribution in [-0.2, 0) is 11.3 Å². The Morgan fingerprint density at radius 3 is 2.85 bits per heavy atom. The molecule has 0 bridgehead atoms. The summed E-state index contributed by atoms with van der Waals surface area (Å²) in [5.41, 5.74) is -0.105. The molecule has 1 saturated heterocycles. The summed E-state index contributed by atoms with van der Waals surface area (Å²) in [7, 11) is 0. The number of aromatic nitrogens is 3. The molecular formula is C14H23N3O2S. The number of rotatable bonds is 5. The van der Waals surface area contributed by atoms with Gasteiger partial charge in [0.1, 0.15) is 0 Å². The van der Waals surface area contributed by atoms with Crippen LogP contribution < -0.4 is 5.69 Å². The Bertz CT molecular complexity index is 473. The predicted molar refractivity (Wildman–Crippen MR) is 79.1 cm³/mol. The molecule has 2 fully saturated rings. The average molecular weight is 297 g/mol. The highest BCUT2D eigenvalue weighted by Gasteiger charge is 2.21. The van der Waals surface area contributed by atoms with Crippen molar-refractivity contribution in [3.8, 4) is 0 Å². The maximum atomic E-state index is 11.9. The normalized spacial score (nSPS) is 24.3. The average Bonchev–Trinajstić information content (AvgIpc) is 3.10. The molecule has 112 valence electrons. The Morgan fingerprint density at radius 2 is 2.10 bits per heavy atom. The lowest BCUT2D eigenvalue weighted by Crippen LogP contribution is -2.25. The lowest BCUT2D eigenvalue weighted by Gasteiger charge is -2.20. The van der Waals surface area contributed by atoms with Gasteiger partial charge in [0.2, 0.25) is 0 Å². The van der Waals surface area contributed by atoms with Crippen molar-refractivity contribution in [2.24, 2.45) is 5.92 Å². The third kappa shape index (κ3) is 3.47. The fourth-order valence-electron chi connectivity index (χ4n) is 3.11. The number of nitrogens with one attached hydrogen (secondary N) is 1. The van der Waals surface area contributed by atoms with E-state index in [4.69, 9.17) is 4.74 Å². The Hall–Kier alpha value is -0.750. The standard InChI is InChI=1S/C14H23N3O2S/c18-13-15-16-14(17(13)9-12-7-4-8-19-12)20-10-11-5-2-1-3-6-11/h11-12H,1-10H2,(H,15,18). The van der Waals surface area contributed by atoms with E-state index in [0.29, 0.717) is 6.54 Å². The minimum Gasteiger partial charge on any atom is -0.376 e. The zero-order valence-electron chi connectivity index (χ0n) is 11.8. The maximum absolute atomic E-state index is 11.9.